The van der Waals surface area contributed by atoms with E-state index in [0.717, 1.165) is 5.56 Å². The maximum atomic E-state index is 11.7. The van der Waals surface area contributed by atoms with Gasteiger partial charge in [0.25, 0.3) is 0 Å². The second kappa shape index (κ2) is 7.94. The molecule has 3 amide bonds. The van der Waals surface area contributed by atoms with E-state index in [4.69, 9.17) is 0 Å². The van der Waals surface area contributed by atoms with Crippen LogP contribution in [0.5, 0.6) is 0 Å². The van der Waals surface area contributed by atoms with Crippen molar-refractivity contribution < 1.29 is 9.59 Å². The van der Waals surface area contributed by atoms with Crippen molar-refractivity contribution in [1.29, 1.82) is 0 Å². The van der Waals surface area contributed by atoms with Crippen LogP contribution in [0.1, 0.15) is 38.8 Å². The maximum Gasteiger partial charge on any atom is 0.321 e. The van der Waals surface area contributed by atoms with E-state index < -0.39 is 6.03 Å². The van der Waals surface area contributed by atoms with Gasteiger partial charge in [-0.15, -0.1) is 0 Å². The van der Waals surface area contributed by atoms with E-state index in [2.05, 4.69) is 55.7 Å². The van der Waals surface area contributed by atoms with E-state index in [1.165, 1.54) is 5.56 Å². The fourth-order valence-corrected chi connectivity index (χ4v) is 2.09. The molecular formula is C17H27N3O2. The Bertz CT molecular complexity index is 504. The fourth-order valence-electron chi connectivity index (χ4n) is 2.09. The van der Waals surface area contributed by atoms with Gasteiger partial charge in [-0.25, -0.2) is 4.79 Å². The van der Waals surface area contributed by atoms with Gasteiger partial charge >= 0.3 is 6.03 Å². The highest BCUT2D eigenvalue weighted by molar-refractivity contribution is 5.95. The summed E-state index contributed by atoms with van der Waals surface area (Å²) in [5, 5.41) is 4.83. The summed E-state index contributed by atoms with van der Waals surface area (Å²) in [6.45, 7) is 9.68. The van der Waals surface area contributed by atoms with Crippen LogP contribution in [-0.4, -0.2) is 37.0 Å². The Morgan fingerprint density at radius 3 is 2.23 bits per heavy atom. The molecule has 0 saturated heterocycles. The molecule has 0 aliphatic heterocycles. The predicted octanol–water partition coefficient (Wildman–Crippen LogP) is 2.26. The first-order valence-electron chi connectivity index (χ1n) is 7.58. The largest absolute Gasteiger partial charge is 0.338 e. The lowest BCUT2D eigenvalue weighted by Gasteiger charge is -2.20. The van der Waals surface area contributed by atoms with E-state index in [-0.39, 0.29) is 17.9 Å². The van der Waals surface area contributed by atoms with Gasteiger partial charge in [-0.1, -0.05) is 45.0 Å². The molecular weight excluding hydrogens is 278 g/mol. The lowest BCUT2D eigenvalue weighted by atomic mass is 9.87. The number of hydrogen-bond acceptors (Lipinski definition) is 3. The molecule has 122 valence electrons. The van der Waals surface area contributed by atoms with Crippen molar-refractivity contribution in [3.05, 3.63) is 35.4 Å². The first kappa shape index (κ1) is 18.2. The number of carbonyl (C=O) groups excluding carboxylic acids is 2. The van der Waals surface area contributed by atoms with Crippen molar-refractivity contribution in [2.24, 2.45) is 0 Å². The Hall–Kier alpha value is -1.88. The first-order chi connectivity index (χ1) is 10.2. The molecule has 0 radical (unpaired) electrons. The van der Waals surface area contributed by atoms with E-state index in [9.17, 15) is 9.59 Å². The van der Waals surface area contributed by atoms with Crippen LogP contribution < -0.4 is 10.6 Å². The Labute approximate surface area is 133 Å². The summed E-state index contributed by atoms with van der Waals surface area (Å²) in [6, 6.07) is 7.96. The SMILES string of the molecule is CCNC(=O)NC(=O)CN(C)Cc1ccc(C(C)(C)C)cc1. The van der Waals surface area contributed by atoms with Crippen molar-refractivity contribution in [1.82, 2.24) is 15.5 Å². The highest BCUT2D eigenvalue weighted by atomic mass is 16.2. The number of benzene rings is 1. The molecule has 0 aliphatic rings. The van der Waals surface area contributed by atoms with E-state index in [0.29, 0.717) is 13.1 Å². The van der Waals surface area contributed by atoms with Gasteiger partial charge in [-0.05, 0) is 30.5 Å². The van der Waals surface area contributed by atoms with Crippen LogP contribution in [0.4, 0.5) is 4.79 Å². The number of nitrogens with one attached hydrogen (secondary N) is 2. The van der Waals surface area contributed by atoms with Crippen molar-refractivity contribution in [3.8, 4) is 0 Å². The van der Waals surface area contributed by atoms with Crippen molar-refractivity contribution in [2.75, 3.05) is 20.1 Å². The minimum absolute atomic E-state index is 0.136. The monoisotopic (exact) mass is 305 g/mol. The molecule has 1 rings (SSSR count). The zero-order valence-corrected chi connectivity index (χ0v) is 14.2. The first-order valence-corrected chi connectivity index (χ1v) is 7.58. The van der Waals surface area contributed by atoms with Gasteiger partial charge in [0.15, 0.2) is 0 Å². The average Bonchev–Trinajstić information content (AvgIpc) is 2.37. The summed E-state index contributed by atoms with van der Waals surface area (Å²) in [5.74, 6) is -0.306. The molecule has 0 aliphatic carbocycles. The van der Waals surface area contributed by atoms with Gasteiger partial charge in [-0.2, -0.15) is 0 Å². The molecule has 5 heteroatoms. The second-order valence-electron chi connectivity index (χ2n) is 6.53. The number of carbonyl (C=O) groups is 2. The van der Waals surface area contributed by atoms with Gasteiger partial charge < -0.3 is 5.32 Å². The molecule has 1 aromatic rings. The topological polar surface area (TPSA) is 61.4 Å². The Balaban J connectivity index is 2.49. The average molecular weight is 305 g/mol. The number of urea groups is 1. The molecule has 2 N–H and O–H groups in total. The molecule has 5 nitrogen and oxygen atoms in total. The lowest BCUT2D eigenvalue weighted by molar-refractivity contribution is -0.120. The van der Waals surface area contributed by atoms with Crippen LogP contribution in [0, 0.1) is 0 Å². The quantitative estimate of drug-likeness (QED) is 0.877. The third-order valence-corrected chi connectivity index (χ3v) is 3.28. The van der Waals surface area contributed by atoms with E-state index in [1.54, 1.807) is 6.92 Å². The van der Waals surface area contributed by atoms with Gasteiger partial charge in [0, 0.05) is 13.1 Å². The second-order valence-corrected chi connectivity index (χ2v) is 6.53. The number of hydrogen-bond donors (Lipinski definition) is 2. The predicted molar refractivity (Wildman–Crippen MR) is 88.7 cm³/mol. The Morgan fingerprint density at radius 2 is 1.73 bits per heavy atom. The van der Waals surface area contributed by atoms with Crippen LogP contribution >= 0.6 is 0 Å². The van der Waals surface area contributed by atoms with Gasteiger partial charge in [0.1, 0.15) is 0 Å². The van der Waals surface area contributed by atoms with Crippen molar-refractivity contribution in [2.45, 2.75) is 39.7 Å². The molecule has 0 spiro atoms. The number of nitrogens with zero attached hydrogens (tertiary/aromatic N) is 1. The van der Waals surface area contributed by atoms with Crippen LogP contribution in [0.2, 0.25) is 0 Å². The molecule has 0 fully saturated rings. The molecule has 22 heavy (non-hydrogen) atoms. The summed E-state index contributed by atoms with van der Waals surface area (Å²) in [6.07, 6.45) is 0. The smallest absolute Gasteiger partial charge is 0.321 e. The number of imide groups is 1. The molecule has 0 atom stereocenters. The normalized spacial score (nSPS) is 11.4. The van der Waals surface area contributed by atoms with Gasteiger partial charge in [0.2, 0.25) is 5.91 Å². The zero-order chi connectivity index (χ0) is 16.8. The molecule has 0 bridgehead atoms. The highest BCUT2D eigenvalue weighted by Crippen LogP contribution is 2.22. The standard InChI is InChI=1S/C17H27N3O2/c1-6-18-16(22)19-15(21)12-20(5)11-13-7-9-14(10-8-13)17(2,3)4/h7-10H,6,11-12H2,1-5H3,(H2,18,19,21,22). The molecule has 0 unspecified atom stereocenters. The van der Waals surface area contributed by atoms with E-state index >= 15 is 0 Å². The maximum absolute atomic E-state index is 11.7. The Kier molecular flexibility index (Phi) is 6.56. The minimum atomic E-state index is -0.449. The van der Waals surface area contributed by atoms with Gasteiger partial charge in [0.05, 0.1) is 6.54 Å². The van der Waals surface area contributed by atoms with E-state index in [1.807, 2.05) is 11.9 Å². The summed E-state index contributed by atoms with van der Waals surface area (Å²) in [7, 11) is 1.86. The van der Waals surface area contributed by atoms with Crippen molar-refractivity contribution >= 4 is 11.9 Å². The third-order valence-electron chi connectivity index (χ3n) is 3.28. The van der Waals surface area contributed by atoms with Gasteiger partial charge in [-0.3, -0.25) is 15.0 Å². The van der Waals surface area contributed by atoms with Crippen molar-refractivity contribution in [3.63, 3.8) is 0 Å². The molecule has 0 aromatic heterocycles. The van der Waals surface area contributed by atoms with Crippen LogP contribution in [0.25, 0.3) is 0 Å². The summed E-state index contributed by atoms with van der Waals surface area (Å²) in [4.78, 5) is 24.8. The number of amides is 3. The summed E-state index contributed by atoms with van der Waals surface area (Å²) >= 11 is 0. The highest BCUT2D eigenvalue weighted by Gasteiger charge is 2.14. The molecule has 0 saturated carbocycles. The molecule has 0 heterocycles. The van der Waals surface area contributed by atoms with Crippen LogP contribution in [0.3, 0.4) is 0 Å². The third kappa shape index (κ3) is 6.26. The summed E-state index contributed by atoms with van der Waals surface area (Å²) < 4.78 is 0. The van der Waals surface area contributed by atoms with Crippen LogP contribution in [0.15, 0.2) is 24.3 Å². The molecule has 1 aromatic carbocycles. The van der Waals surface area contributed by atoms with Crippen LogP contribution in [-0.2, 0) is 16.8 Å². The minimum Gasteiger partial charge on any atom is -0.338 e. The zero-order valence-electron chi connectivity index (χ0n) is 14.2. The summed E-state index contributed by atoms with van der Waals surface area (Å²) in [5.41, 5.74) is 2.56. The lowest BCUT2D eigenvalue weighted by Crippen LogP contribution is -2.43. The Morgan fingerprint density at radius 1 is 1.14 bits per heavy atom. The fraction of sp³-hybridized carbons (Fsp3) is 0.529. The number of rotatable bonds is 5. The number of likely N-dealkylation sites (N-methyl/N-ethyl adjacent to an activating group) is 1.